The van der Waals surface area contributed by atoms with Gasteiger partial charge in [0.2, 0.25) is 11.8 Å². The molecule has 5 heteroatoms. The number of carbonyl (C=O) groups excluding carboxylic acids is 2. The number of benzene rings is 2. The van der Waals surface area contributed by atoms with E-state index in [2.05, 4.69) is 17.4 Å². The maximum Gasteiger partial charge on any atom is 0.229 e. The summed E-state index contributed by atoms with van der Waals surface area (Å²) in [4.78, 5) is 27.4. The van der Waals surface area contributed by atoms with E-state index >= 15 is 0 Å². The Morgan fingerprint density at radius 3 is 2.53 bits per heavy atom. The molecule has 2 saturated heterocycles. The lowest BCUT2D eigenvalue weighted by Gasteiger charge is -2.49. The van der Waals surface area contributed by atoms with Crippen LogP contribution in [0, 0.1) is 18.2 Å². The first-order valence-corrected chi connectivity index (χ1v) is 10.8. The van der Waals surface area contributed by atoms with Gasteiger partial charge < -0.3 is 10.2 Å². The first-order chi connectivity index (χ1) is 14.4. The lowest BCUT2D eigenvalue weighted by atomic mass is 9.62. The molecule has 0 aliphatic carbocycles. The molecule has 2 aromatic carbocycles. The summed E-state index contributed by atoms with van der Waals surface area (Å²) in [5.74, 6) is -0.128. The van der Waals surface area contributed by atoms with Crippen LogP contribution in [0.2, 0.25) is 0 Å². The van der Waals surface area contributed by atoms with Crippen molar-refractivity contribution >= 4 is 11.8 Å². The second-order valence-electron chi connectivity index (χ2n) is 8.85. The van der Waals surface area contributed by atoms with Crippen LogP contribution in [-0.2, 0) is 9.59 Å². The molecule has 0 bridgehead atoms. The van der Waals surface area contributed by atoms with Crippen molar-refractivity contribution in [2.24, 2.45) is 5.41 Å². The van der Waals surface area contributed by atoms with Crippen LogP contribution < -0.4 is 5.32 Å². The van der Waals surface area contributed by atoms with Gasteiger partial charge in [0.25, 0.3) is 0 Å². The van der Waals surface area contributed by atoms with Crippen molar-refractivity contribution in [3.8, 4) is 0 Å². The first-order valence-electron chi connectivity index (χ1n) is 10.8. The molecule has 0 saturated carbocycles. The minimum Gasteiger partial charge on any atom is -0.355 e. The summed E-state index contributed by atoms with van der Waals surface area (Å²) in [7, 11) is 0. The molecule has 4 nitrogen and oxygen atoms in total. The van der Waals surface area contributed by atoms with Gasteiger partial charge in [0.05, 0.1) is 5.92 Å². The van der Waals surface area contributed by atoms with Crippen LogP contribution in [0.15, 0.2) is 48.5 Å². The van der Waals surface area contributed by atoms with Crippen molar-refractivity contribution in [1.82, 2.24) is 10.2 Å². The second kappa shape index (κ2) is 8.21. The number of halogens is 1. The number of piperidine rings is 2. The third kappa shape index (κ3) is 3.85. The molecule has 2 heterocycles. The maximum atomic E-state index is 13.4. The van der Waals surface area contributed by atoms with Gasteiger partial charge in [0, 0.05) is 32.0 Å². The number of hydrogen-bond acceptors (Lipinski definition) is 2. The highest BCUT2D eigenvalue weighted by atomic mass is 19.1. The molecule has 1 spiro atoms. The number of likely N-dealkylation sites (tertiary alicyclic amines) is 1. The lowest BCUT2D eigenvalue weighted by Crippen LogP contribution is -2.53. The van der Waals surface area contributed by atoms with Crippen molar-refractivity contribution in [2.75, 3.05) is 19.6 Å². The Bertz CT molecular complexity index is 935. The molecule has 2 fully saturated rings. The quantitative estimate of drug-likeness (QED) is 0.829. The smallest absolute Gasteiger partial charge is 0.229 e. The molecule has 30 heavy (non-hydrogen) atoms. The maximum absolute atomic E-state index is 13.4. The Hall–Kier alpha value is -2.69. The number of nitrogens with one attached hydrogen (secondary N) is 1. The van der Waals surface area contributed by atoms with Crippen LogP contribution >= 0.6 is 0 Å². The van der Waals surface area contributed by atoms with Crippen molar-refractivity contribution < 1.29 is 14.0 Å². The predicted molar refractivity (Wildman–Crippen MR) is 115 cm³/mol. The number of hydrogen-bond donors (Lipinski definition) is 1. The van der Waals surface area contributed by atoms with Crippen LogP contribution in [0.3, 0.4) is 0 Å². The van der Waals surface area contributed by atoms with Crippen LogP contribution in [0.5, 0.6) is 0 Å². The normalized spacial score (nSPS) is 21.9. The molecule has 1 unspecified atom stereocenters. The summed E-state index contributed by atoms with van der Waals surface area (Å²) in [6.07, 6.45) is 2.16. The number of carbonyl (C=O) groups is 2. The molecule has 2 aromatic rings. The van der Waals surface area contributed by atoms with Gasteiger partial charge in [-0.25, -0.2) is 4.39 Å². The predicted octanol–water partition coefficient (Wildman–Crippen LogP) is 4.15. The molecule has 2 amide bonds. The third-order valence-electron chi connectivity index (χ3n) is 7.10. The van der Waals surface area contributed by atoms with Gasteiger partial charge in [-0.15, -0.1) is 0 Å². The molecule has 2 aliphatic heterocycles. The number of rotatable bonds is 3. The highest BCUT2D eigenvalue weighted by Gasteiger charge is 2.47. The summed E-state index contributed by atoms with van der Waals surface area (Å²) >= 11 is 0. The van der Waals surface area contributed by atoms with Crippen LogP contribution in [0.1, 0.15) is 54.7 Å². The van der Waals surface area contributed by atoms with E-state index in [1.54, 1.807) is 6.07 Å². The highest BCUT2D eigenvalue weighted by Crippen LogP contribution is 2.49. The minimum absolute atomic E-state index is 0.0797. The zero-order chi connectivity index (χ0) is 21.3. The van der Waals surface area contributed by atoms with Crippen molar-refractivity contribution in [1.29, 1.82) is 0 Å². The topological polar surface area (TPSA) is 49.4 Å². The van der Waals surface area contributed by atoms with Gasteiger partial charge in [-0.3, -0.25) is 9.59 Å². The minimum atomic E-state index is -0.306. The van der Waals surface area contributed by atoms with Crippen molar-refractivity contribution in [3.63, 3.8) is 0 Å². The zero-order valence-electron chi connectivity index (χ0n) is 17.7. The fourth-order valence-electron chi connectivity index (χ4n) is 5.32. The van der Waals surface area contributed by atoms with E-state index in [1.807, 2.05) is 36.9 Å². The van der Waals surface area contributed by atoms with E-state index < -0.39 is 0 Å². The SMILES string of the molecule is Cc1cc(F)ccc1C(C)C(=O)N1CCC2(CC1)CC(=O)NC[C@H]2c1ccccc1. The lowest BCUT2D eigenvalue weighted by molar-refractivity contribution is -0.136. The van der Waals surface area contributed by atoms with Crippen molar-refractivity contribution in [3.05, 3.63) is 71.0 Å². The fraction of sp³-hybridized carbons (Fsp3) is 0.440. The molecular weight excluding hydrogens is 379 g/mol. The van der Waals surface area contributed by atoms with Crippen LogP contribution in [0.4, 0.5) is 4.39 Å². The molecule has 0 aromatic heterocycles. The third-order valence-corrected chi connectivity index (χ3v) is 7.10. The Morgan fingerprint density at radius 2 is 1.87 bits per heavy atom. The van der Waals surface area contributed by atoms with E-state index in [-0.39, 0.29) is 34.9 Å². The molecule has 2 aliphatic rings. The standard InChI is InChI=1S/C25H29FN2O2/c1-17-14-20(26)8-9-21(17)18(2)24(30)28-12-10-25(11-13-28)15-23(29)27-16-22(25)19-6-4-3-5-7-19/h3-9,14,18,22H,10-13,15-16H2,1-2H3,(H,27,29)/t18?,22-/m0/s1. The van der Waals surface area contributed by atoms with Crippen LogP contribution in [0.25, 0.3) is 0 Å². The Morgan fingerprint density at radius 1 is 1.17 bits per heavy atom. The summed E-state index contributed by atoms with van der Waals surface area (Å²) in [6, 6.07) is 15.0. The Labute approximate surface area is 177 Å². The van der Waals surface area contributed by atoms with Gasteiger partial charge in [-0.2, -0.15) is 0 Å². The van der Waals surface area contributed by atoms with E-state index in [1.165, 1.54) is 17.7 Å². The zero-order valence-corrected chi connectivity index (χ0v) is 17.7. The fourth-order valence-corrected chi connectivity index (χ4v) is 5.32. The Kier molecular flexibility index (Phi) is 5.63. The monoisotopic (exact) mass is 408 g/mol. The first kappa shape index (κ1) is 20.6. The molecular formula is C25H29FN2O2. The summed E-state index contributed by atoms with van der Waals surface area (Å²) in [6.45, 7) is 5.70. The molecule has 158 valence electrons. The van der Waals surface area contributed by atoms with Crippen molar-refractivity contribution in [2.45, 2.75) is 44.9 Å². The van der Waals surface area contributed by atoms with Gasteiger partial charge >= 0.3 is 0 Å². The highest BCUT2D eigenvalue weighted by molar-refractivity contribution is 5.84. The average Bonchev–Trinajstić information content (AvgIpc) is 2.74. The van der Waals surface area contributed by atoms with Crippen LogP contribution in [-0.4, -0.2) is 36.3 Å². The van der Waals surface area contributed by atoms with E-state index in [0.29, 0.717) is 26.1 Å². The summed E-state index contributed by atoms with van der Waals surface area (Å²) in [5.41, 5.74) is 2.83. The summed E-state index contributed by atoms with van der Waals surface area (Å²) < 4.78 is 13.4. The van der Waals surface area contributed by atoms with E-state index in [9.17, 15) is 14.0 Å². The summed E-state index contributed by atoms with van der Waals surface area (Å²) in [5, 5.41) is 3.04. The Balaban J connectivity index is 1.50. The van der Waals surface area contributed by atoms with Gasteiger partial charge in [-0.1, -0.05) is 36.4 Å². The van der Waals surface area contributed by atoms with E-state index in [4.69, 9.17) is 0 Å². The average molecular weight is 409 g/mol. The van der Waals surface area contributed by atoms with Gasteiger partial charge in [-0.05, 0) is 60.9 Å². The molecule has 4 rings (SSSR count). The van der Waals surface area contributed by atoms with E-state index in [0.717, 1.165) is 24.0 Å². The number of aryl methyl sites for hydroxylation is 1. The molecule has 0 radical (unpaired) electrons. The molecule has 2 atom stereocenters. The number of amides is 2. The largest absolute Gasteiger partial charge is 0.355 e. The second-order valence-corrected chi connectivity index (χ2v) is 8.85. The number of nitrogens with zero attached hydrogens (tertiary/aromatic N) is 1. The van der Waals surface area contributed by atoms with Gasteiger partial charge in [0.15, 0.2) is 0 Å². The molecule has 1 N–H and O–H groups in total. The van der Waals surface area contributed by atoms with Gasteiger partial charge in [0.1, 0.15) is 5.82 Å².